The third-order valence-corrected chi connectivity index (χ3v) is 4.36. The number of ketones is 1. The van der Waals surface area contributed by atoms with Gasteiger partial charge in [-0.2, -0.15) is 0 Å². The van der Waals surface area contributed by atoms with Gasteiger partial charge in [-0.1, -0.05) is 42.5 Å². The summed E-state index contributed by atoms with van der Waals surface area (Å²) in [7, 11) is 0. The van der Waals surface area contributed by atoms with E-state index < -0.39 is 8.98 Å². The second-order valence-corrected chi connectivity index (χ2v) is 5.98. The first kappa shape index (κ1) is 12.8. The van der Waals surface area contributed by atoms with Gasteiger partial charge in [0.2, 0.25) is 0 Å². The summed E-state index contributed by atoms with van der Waals surface area (Å²) in [5.74, 6) is -0.0839. The van der Waals surface area contributed by atoms with Crippen molar-refractivity contribution in [2.75, 3.05) is 0 Å². The third-order valence-electron chi connectivity index (χ3n) is 2.51. The van der Waals surface area contributed by atoms with Crippen molar-refractivity contribution in [1.29, 1.82) is 0 Å². The van der Waals surface area contributed by atoms with Gasteiger partial charge in [0.05, 0.1) is 5.38 Å². The van der Waals surface area contributed by atoms with E-state index in [0.717, 1.165) is 0 Å². The molecule has 1 N–H and O–H groups in total. The lowest BCUT2D eigenvalue weighted by Gasteiger charge is -2.24. The zero-order valence-corrected chi connectivity index (χ0v) is 11.7. The molecule has 2 rings (SSSR count). The second-order valence-electron chi connectivity index (χ2n) is 3.78. The fraction of sp³-hybridized carbons (Fsp3) is 0.154. The van der Waals surface area contributed by atoms with Crippen LogP contribution < -0.4 is 0 Å². The maximum atomic E-state index is 12.1. The van der Waals surface area contributed by atoms with E-state index in [1.165, 1.54) is 0 Å². The molecule has 0 aromatic heterocycles. The van der Waals surface area contributed by atoms with Crippen LogP contribution in [-0.2, 0) is 0 Å². The summed E-state index contributed by atoms with van der Waals surface area (Å²) >= 11 is 7.84. The summed E-state index contributed by atoms with van der Waals surface area (Å²) in [4.78, 5) is 12.1. The molecule has 2 atom stereocenters. The maximum Gasteiger partial charge on any atom is 0.192 e. The van der Waals surface area contributed by atoms with Gasteiger partial charge in [0, 0.05) is 11.1 Å². The van der Waals surface area contributed by atoms with Gasteiger partial charge >= 0.3 is 0 Å². The number of hydrogen-bond acceptors (Lipinski definition) is 2. The Kier molecular flexibility index (Phi) is 3.70. The highest BCUT2D eigenvalue weighted by molar-refractivity contribution is 14.1. The predicted molar refractivity (Wildman–Crippen MR) is 76.6 cm³/mol. The van der Waals surface area contributed by atoms with Crippen molar-refractivity contribution in [2.24, 2.45) is 0 Å². The van der Waals surface area contributed by atoms with Crippen LogP contribution in [0.2, 0.25) is 0 Å². The Hall–Kier alpha value is -0.650. The molecule has 17 heavy (non-hydrogen) atoms. The minimum absolute atomic E-state index is 0.0839. The van der Waals surface area contributed by atoms with Crippen LogP contribution in [0.25, 0.3) is 0 Å². The molecule has 0 spiro atoms. The fourth-order valence-electron chi connectivity index (χ4n) is 1.54. The van der Waals surface area contributed by atoms with Crippen LogP contribution in [0.15, 0.2) is 54.1 Å². The number of carbonyl (C=O) groups is 1. The molecule has 0 radical (unpaired) electrons. The van der Waals surface area contributed by atoms with Crippen LogP contribution in [0.4, 0.5) is 0 Å². The van der Waals surface area contributed by atoms with Crippen LogP contribution in [-0.4, -0.2) is 19.9 Å². The Morgan fingerprint density at radius 3 is 2.59 bits per heavy atom. The monoisotopic (exact) mass is 360 g/mol. The highest BCUT2D eigenvalue weighted by Gasteiger charge is 2.32. The largest absolute Gasteiger partial charge is 0.374 e. The van der Waals surface area contributed by atoms with E-state index >= 15 is 0 Å². The van der Waals surface area contributed by atoms with E-state index in [-0.39, 0.29) is 5.78 Å². The van der Waals surface area contributed by atoms with E-state index in [4.69, 9.17) is 11.6 Å². The molecule has 1 aliphatic carbocycles. The van der Waals surface area contributed by atoms with E-state index in [1.54, 1.807) is 30.4 Å². The molecule has 2 nitrogen and oxygen atoms in total. The molecule has 88 valence electrons. The van der Waals surface area contributed by atoms with Crippen molar-refractivity contribution in [2.45, 2.75) is 8.98 Å². The number of allylic oxidation sites excluding steroid dienone is 2. The summed E-state index contributed by atoms with van der Waals surface area (Å²) in [5, 5.41) is 9.22. The first-order valence-corrected chi connectivity index (χ1v) is 6.58. The number of halogens is 2. The number of Topliss-reactive ketones (excluding diaryl/α,β-unsaturated/α-hetero) is 1. The molecule has 0 amide bonds. The Balaban J connectivity index is 2.27. The zero-order valence-electron chi connectivity index (χ0n) is 8.81. The van der Waals surface area contributed by atoms with Gasteiger partial charge in [0.15, 0.2) is 9.39 Å². The SMILES string of the molecule is O=C(C1=CC(Cl)C(O)(I)C=C1)c1ccccc1. The highest BCUT2D eigenvalue weighted by atomic mass is 127. The average molecular weight is 361 g/mol. The van der Waals surface area contributed by atoms with Crippen LogP contribution in [0, 0.1) is 0 Å². The summed E-state index contributed by atoms with van der Waals surface area (Å²) in [6.45, 7) is 0. The lowest BCUT2D eigenvalue weighted by atomic mass is 9.97. The van der Waals surface area contributed by atoms with Crippen LogP contribution in [0.1, 0.15) is 10.4 Å². The average Bonchev–Trinajstić information content (AvgIpc) is 2.33. The molecular weight excluding hydrogens is 350 g/mol. The molecule has 2 unspecified atom stereocenters. The van der Waals surface area contributed by atoms with Crippen molar-refractivity contribution in [3.63, 3.8) is 0 Å². The van der Waals surface area contributed by atoms with E-state index in [9.17, 15) is 9.90 Å². The number of hydrogen-bond donors (Lipinski definition) is 1. The summed E-state index contributed by atoms with van der Waals surface area (Å²) in [6.07, 6.45) is 4.74. The van der Waals surface area contributed by atoms with Gasteiger partial charge in [0.1, 0.15) is 0 Å². The molecular formula is C13H10ClIO2. The topological polar surface area (TPSA) is 37.3 Å². The minimum atomic E-state index is -1.13. The van der Waals surface area contributed by atoms with Gasteiger partial charge in [0.25, 0.3) is 0 Å². The second kappa shape index (κ2) is 4.92. The summed E-state index contributed by atoms with van der Waals surface area (Å²) in [6, 6.07) is 8.99. The summed E-state index contributed by atoms with van der Waals surface area (Å²) in [5.41, 5.74) is 1.13. The molecule has 0 bridgehead atoms. The Morgan fingerprint density at radius 1 is 1.35 bits per heavy atom. The van der Waals surface area contributed by atoms with Gasteiger partial charge in [-0.25, -0.2) is 0 Å². The number of rotatable bonds is 2. The van der Waals surface area contributed by atoms with Gasteiger partial charge < -0.3 is 5.11 Å². The number of aliphatic hydroxyl groups is 1. The van der Waals surface area contributed by atoms with Crippen molar-refractivity contribution in [1.82, 2.24) is 0 Å². The van der Waals surface area contributed by atoms with Crippen molar-refractivity contribution in [3.8, 4) is 0 Å². The Morgan fingerprint density at radius 2 is 2.00 bits per heavy atom. The molecule has 0 aliphatic heterocycles. The maximum absolute atomic E-state index is 12.1. The normalized spacial score (nSPS) is 27.7. The molecule has 1 aliphatic rings. The third kappa shape index (κ3) is 2.78. The van der Waals surface area contributed by atoms with Crippen LogP contribution in [0.3, 0.4) is 0 Å². The van der Waals surface area contributed by atoms with E-state index in [1.807, 2.05) is 40.8 Å². The summed E-state index contributed by atoms with van der Waals surface area (Å²) < 4.78 is -1.13. The lowest BCUT2D eigenvalue weighted by Crippen LogP contribution is -2.31. The number of carbonyl (C=O) groups excluding carboxylic acids is 1. The van der Waals surface area contributed by atoms with Crippen LogP contribution in [0.5, 0.6) is 0 Å². The van der Waals surface area contributed by atoms with Crippen molar-refractivity contribution >= 4 is 40.0 Å². The standard InChI is InChI=1S/C13H10ClIO2/c14-11-8-10(6-7-13(11,15)17)12(16)9-4-2-1-3-5-9/h1-8,11,17H. The first-order valence-electron chi connectivity index (χ1n) is 5.07. The smallest absolute Gasteiger partial charge is 0.192 e. The molecule has 0 saturated carbocycles. The van der Waals surface area contributed by atoms with Crippen molar-refractivity contribution < 1.29 is 9.90 Å². The molecule has 1 aromatic rings. The fourth-order valence-corrected chi connectivity index (χ4v) is 2.10. The first-order chi connectivity index (χ1) is 8.00. The highest BCUT2D eigenvalue weighted by Crippen LogP contribution is 2.32. The lowest BCUT2D eigenvalue weighted by molar-refractivity contribution is 0.103. The molecule has 4 heteroatoms. The van der Waals surface area contributed by atoms with E-state index in [2.05, 4.69) is 0 Å². The number of alkyl halides is 2. The van der Waals surface area contributed by atoms with E-state index in [0.29, 0.717) is 11.1 Å². The van der Waals surface area contributed by atoms with Gasteiger partial charge in [-0.15, -0.1) is 11.6 Å². The van der Waals surface area contributed by atoms with Gasteiger partial charge in [-0.3, -0.25) is 4.79 Å². The molecule has 0 fully saturated rings. The quantitative estimate of drug-likeness (QED) is 0.500. The van der Waals surface area contributed by atoms with Crippen molar-refractivity contribution in [3.05, 3.63) is 59.7 Å². The number of benzene rings is 1. The van der Waals surface area contributed by atoms with Gasteiger partial charge in [-0.05, 0) is 28.7 Å². The molecule has 0 heterocycles. The Bertz CT molecular complexity index is 491. The molecule has 0 saturated heterocycles. The predicted octanol–water partition coefficient (Wildman–Crippen LogP) is 3.10. The Labute approximate surface area is 118 Å². The molecule has 1 aromatic carbocycles. The zero-order chi connectivity index (χ0) is 12.5. The van der Waals surface area contributed by atoms with Crippen LogP contribution >= 0.6 is 34.2 Å². The minimum Gasteiger partial charge on any atom is -0.374 e.